The molecular weight excluding hydrogens is 416 g/mol. The van der Waals surface area contributed by atoms with E-state index in [9.17, 15) is 14.4 Å². The monoisotopic (exact) mass is 436 g/mol. The van der Waals surface area contributed by atoms with Gasteiger partial charge in [-0.15, -0.1) is 0 Å². The molecule has 9 nitrogen and oxygen atoms in total. The molecule has 1 atom stereocenters. The minimum absolute atomic E-state index is 0.252. The molecule has 0 saturated carbocycles. The summed E-state index contributed by atoms with van der Waals surface area (Å²) in [5, 5.41) is 15.1. The van der Waals surface area contributed by atoms with Gasteiger partial charge in [0.15, 0.2) is 0 Å². The standard InChI is InChI=1S/C21H20N6O3S/c1-31-9-7-16-20(29)24-14-6-5-12(10-13(14)19(28)25-16)23-21(30)18-11-17(26-27-18)15-4-2-3-8-22-15/h2-6,8,10-11,16H,7,9H2,1H3,(H,23,30)(H,24,29)(H,25,28)(H,26,27). The van der Waals surface area contributed by atoms with Crippen LogP contribution in [0.5, 0.6) is 0 Å². The molecule has 1 unspecified atom stereocenters. The number of rotatable bonds is 6. The average Bonchev–Trinajstić information content (AvgIpc) is 3.24. The molecule has 10 heteroatoms. The fourth-order valence-corrected chi connectivity index (χ4v) is 3.63. The SMILES string of the molecule is CSCCC1NC(=O)c2cc(NC(=O)c3cc(-c4ccccn4)n[nH]3)ccc2NC1=O. The highest BCUT2D eigenvalue weighted by Gasteiger charge is 2.27. The number of hydrogen-bond donors (Lipinski definition) is 4. The number of nitrogens with zero attached hydrogens (tertiary/aromatic N) is 2. The van der Waals surface area contributed by atoms with E-state index < -0.39 is 11.9 Å². The van der Waals surface area contributed by atoms with Crippen LogP contribution in [-0.4, -0.2) is 51.0 Å². The van der Waals surface area contributed by atoms with Crippen LogP contribution >= 0.6 is 11.8 Å². The molecule has 0 spiro atoms. The number of amides is 3. The van der Waals surface area contributed by atoms with E-state index in [1.54, 1.807) is 48.3 Å². The largest absolute Gasteiger partial charge is 0.340 e. The number of benzene rings is 1. The van der Waals surface area contributed by atoms with Gasteiger partial charge in [0.25, 0.3) is 11.8 Å². The van der Waals surface area contributed by atoms with Crippen molar-refractivity contribution in [1.29, 1.82) is 0 Å². The molecule has 3 aromatic rings. The molecule has 0 radical (unpaired) electrons. The van der Waals surface area contributed by atoms with E-state index in [1.165, 1.54) is 6.07 Å². The van der Waals surface area contributed by atoms with E-state index in [-0.39, 0.29) is 23.1 Å². The van der Waals surface area contributed by atoms with Crippen LogP contribution in [0.25, 0.3) is 11.4 Å². The maximum Gasteiger partial charge on any atom is 0.273 e. The van der Waals surface area contributed by atoms with Crippen molar-refractivity contribution in [3.63, 3.8) is 0 Å². The third kappa shape index (κ3) is 4.58. The number of carbonyl (C=O) groups is 3. The first-order chi connectivity index (χ1) is 15.0. The number of fused-ring (bicyclic) bond motifs is 1. The first-order valence-electron chi connectivity index (χ1n) is 9.58. The summed E-state index contributed by atoms with van der Waals surface area (Å²) in [7, 11) is 0. The van der Waals surface area contributed by atoms with Gasteiger partial charge in [0.05, 0.1) is 16.9 Å². The van der Waals surface area contributed by atoms with Gasteiger partial charge in [0.2, 0.25) is 5.91 Å². The Hall–Kier alpha value is -3.66. The summed E-state index contributed by atoms with van der Waals surface area (Å²) in [6.45, 7) is 0. The number of aromatic nitrogens is 3. The maximum absolute atomic E-state index is 12.6. The first kappa shape index (κ1) is 20.6. The number of pyridine rings is 1. The van der Waals surface area contributed by atoms with Gasteiger partial charge in [-0.2, -0.15) is 16.9 Å². The van der Waals surface area contributed by atoms with E-state index in [0.717, 1.165) is 5.75 Å². The molecule has 0 fully saturated rings. The molecule has 158 valence electrons. The number of anilines is 2. The van der Waals surface area contributed by atoms with Crippen LogP contribution in [0.15, 0.2) is 48.7 Å². The van der Waals surface area contributed by atoms with E-state index in [1.807, 2.05) is 12.3 Å². The van der Waals surface area contributed by atoms with Gasteiger partial charge in [0.1, 0.15) is 17.4 Å². The van der Waals surface area contributed by atoms with Crippen LogP contribution in [0.2, 0.25) is 0 Å². The third-order valence-electron chi connectivity index (χ3n) is 4.76. The maximum atomic E-state index is 12.6. The van der Waals surface area contributed by atoms with Gasteiger partial charge in [-0.25, -0.2) is 0 Å². The summed E-state index contributed by atoms with van der Waals surface area (Å²) >= 11 is 1.61. The van der Waals surface area contributed by atoms with Crippen molar-refractivity contribution in [3.8, 4) is 11.4 Å². The van der Waals surface area contributed by atoms with E-state index in [4.69, 9.17) is 0 Å². The van der Waals surface area contributed by atoms with Crippen molar-refractivity contribution >= 4 is 40.9 Å². The fourth-order valence-electron chi connectivity index (χ4n) is 3.16. The van der Waals surface area contributed by atoms with Crippen molar-refractivity contribution in [2.75, 3.05) is 22.6 Å². The van der Waals surface area contributed by atoms with Gasteiger partial charge < -0.3 is 16.0 Å². The lowest BCUT2D eigenvalue weighted by Gasteiger charge is -2.13. The van der Waals surface area contributed by atoms with Crippen molar-refractivity contribution in [3.05, 3.63) is 59.9 Å². The van der Waals surface area contributed by atoms with Crippen molar-refractivity contribution < 1.29 is 14.4 Å². The lowest BCUT2D eigenvalue weighted by atomic mass is 10.1. The molecule has 1 aliphatic heterocycles. The zero-order chi connectivity index (χ0) is 21.8. The highest BCUT2D eigenvalue weighted by molar-refractivity contribution is 7.98. The van der Waals surface area contributed by atoms with Crippen molar-refractivity contribution in [1.82, 2.24) is 20.5 Å². The van der Waals surface area contributed by atoms with Crippen LogP contribution in [0.1, 0.15) is 27.3 Å². The second-order valence-corrected chi connectivity index (χ2v) is 7.88. The van der Waals surface area contributed by atoms with Gasteiger partial charge in [-0.1, -0.05) is 6.07 Å². The van der Waals surface area contributed by atoms with Gasteiger partial charge in [-0.05, 0) is 54.8 Å². The summed E-state index contributed by atoms with van der Waals surface area (Å²) < 4.78 is 0. The number of thioether (sulfide) groups is 1. The number of H-pyrrole nitrogens is 1. The van der Waals surface area contributed by atoms with Crippen LogP contribution in [0.3, 0.4) is 0 Å². The molecule has 1 aliphatic rings. The number of nitrogens with one attached hydrogen (secondary N) is 4. The van der Waals surface area contributed by atoms with Gasteiger partial charge in [-0.3, -0.25) is 24.5 Å². The smallest absolute Gasteiger partial charge is 0.273 e. The Morgan fingerprint density at radius 2 is 2.03 bits per heavy atom. The zero-order valence-corrected chi connectivity index (χ0v) is 17.5. The van der Waals surface area contributed by atoms with Crippen LogP contribution < -0.4 is 16.0 Å². The highest BCUT2D eigenvalue weighted by atomic mass is 32.2. The normalized spacial score (nSPS) is 15.5. The molecular formula is C21H20N6O3S. The molecule has 2 aromatic heterocycles. The van der Waals surface area contributed by atoms with Crippen molar-refractivity contribution in [2.24, 2.45) is 0 Å². The molecule has 1 aromatic carbocycles. The Balaban J connectivity index is 1.50. The molecule has 31 heavy (non-hydrogen) atoms. The molecule has 3 amide bonds. The summed E-state index contributed by atoms with van der Waals surface area (Å²) in [4.78, 5) is 41.9. The zero-order valence-electron chi connectivity index (χ0n) is 16.6. The van der Waals surface area contributed by atoms with Gasteiger partial charge in [0, 0.05) is 11.9 Å². The fraction of sp³-hybridized carbons (Fsp3) is 0.190. The van der Waals surface area contributed by atoms with E-state index in [0.29, 0.717) is 29.2 Å². The lowest BCUT2D eigenvalue weighted by Crippen LogP contribution is -2.41. The Kier molecular flexibility index (Phi) is 5.99. The Bertz CT molecular complexity index is 1130. The summed E-state index contributed by atoms with van der Waals surface area (Å²) in [5.74, 6) is -0.279. The summed E-state index contributed by atoms with van der Waals surface area (Å²) in [6, 6.07) is 11.2. The van der Waals surface area contributed by atoms with Crippen LogP contribution in [0.4, 0.5) is 11.4 Å². The molecule has 0 aliphatic carbocycles. The Morgan fingerprint density at radius 1 is 1.16 bits per heavy atom. The topological polar surface area (TPSA) is 129 Å². The number of carbonyl (C=O) groups excluding carboxylic acids is 3. The predicted octanol–water partition coefficient (Wildman–Crippen LogP) is 2.53. The van der Waals surface area contributed by atoms with E-state index in [2.05, 4.69) is 31.1 Å². The lowest BCUT2D eigenvalue weighted by molar-refractivity contribution is -0.117. The Labute approximate surface area is 182 Å². The number of aromatic amines is 1. The molecule has 0 saturated heterocycles. The average molecular weight is 436 g/mol. The van der Waals surface area contributed by atoms with Gasteiger partial charge >= 0.3 is 0 Å². The number of hydrogen-bond acceptors (Lipinski definition) is 6. The molecule has 4 rings (SSSR count). The first-order valence-corrected chi connectivity index (χ1v) is 11.0. The highest BCUT2D eigenvalue weighted by Crippen LogP contribution is 2.24. The predicted molar refractivity (Wildman–Crippen MR) is 119 cm³/mol. The molecule has 4 N–H and O–H groups in total. The summed E-state index contributed by atoms with van der Waals surface area (Å²) in [6.07, 6.45) is 4.13. The van der Waals surface area contributed by atoms with E-state index >= 15 is 0 Å². The molecule has 3 heterocycles. The molecule has 0 bridgehead atoms. The second kappa shape index (κ2) is 9.00. The quantitative estimate of drug-likeness (QED) is 0.470. The minimum Gasteiger partial charge on any atom is -0.340 e. The van der Waals surface area contributed by atoms with Crippen LogP contribution in [-0.2, 0) is 4.79 Å². The van der Waals surface area contributed by atoms with Crippen molar-refractivity contribution in [2.45, 2.75) is 12.5 Å². The summed E-state index contributed by atoms with van der Waals surface area (Å²) in [5.41, 5.74) is 2.57. The third-order valence-corrected chi connectivity index (χ3v) is 5.41. The minimum atomic E-state index is -0.597. The van der Waals surface area contributed by atoms with Crippen LogP contribution in [0, 0.1) is 0 Å². The Morgan fingerprint density at radius 3 is 2.81 bits per heavy atom. The second-order valence-electron chi connectivity index (χ2n) is 6.89.